The number of nitrogens with two attached hydrogens (primary N) is 9. The smallest absolute Gasteiger partial charge is 0.321 e. The lowest BCUT2D eigenvalue weighted by molar-refractivity contribution is -0.141. The molecule has 2 aromatic carbocycles. The van der Waals surface area contributed by atoms with Gasteiger partial charge in [-0.15, -0.1) is 0 Å². The molecule has 2 rings (SSSR count). The molecule has 0 unspecified atom stereocenters. The summed E-state index contributed by atoms with van der Waals surface area (Å²) in [5.74, 6) is -10.7. The normalized spacial score (nSPS) is 12.6. The van der Waals surface area contributed by atoms with E-state index in [2.05, 4.69) is 5.73 Å². The van der Waals surface area contributed by atoms with Gasteiger partial charge in [-0.3, -0.25) is 52.7 Å². The van der Waals surface area contributed by atoms with Gasteiger partial charge in [-0.25, -0.2) is 0 Å². The van der Waals surface area contributed by atoms with Gasteiger partial charge in [-0.05, 0) is 61.3 Å². The third-order valence-electron chi connectivity index (χ3n) is 8.06. The molecule has 0 heterocycles. The van der Waals surface area contributed by atoms with Gasteiger partial charge in [0.1, 0.15) is 48.0 Å². The maximum absolute atomic E-state index is 10.4. The number of carboxylic acid groups (broad SMARTS) is 9. The molecule has 408 valence electrons. The zero-order valence-electron chi connectivity index (χ0n) is 39.3. The van der Waals surface area contributed by atoms with Gasteiger partial charge in [0.05, 0.1) is 6.42 Å². The quantitative estimate of drug-likeness (QED) is 0.0514. The van der Waals surface area contributed by atoms with E-state index in [0.29, 0.717) is 6.42 Å². The number of carbonyl (C=O) groups excluding carboxylic acids is 2. The minimum Gasteiger partial charge on any atom is -0.508 e. The Bertz CT molecular complexity index is 1900. The summed E-state index contributed by atoms with van der Waals surface area (Å²) in [6.45, 7) is 3.55. The predicted molar refractivity (Wildman–Crippen MR) is 252 cm³/mol. The summed E-state index contributed by atoms with van der Waals surface area (Å²) < 4.78 is 0. The fourth-order valence-electron chi connectivity index (χ4n) is 3.74. The van der Waals surface area contributed by atoms with Crippen LogP contribution >= 0.6 is 0 Å². The highest BCUT2D eigenvalue weighted by molar-refractivity contribution is 5.83. The Balaban J connectivity index is -0.000000244. The van der Waals surface area contributed by atoms with Gasteiger partial charge in [0, 0.05) is 19.3 Å². The van der Waals surface area contributed by atoms with Crippen molar-refractivity contribution in [3.63, 3.8) is 0 Å². The van der Waals surface area contributed by atoms with Crippen LogP contribution in [-0.2, 0) is 65.6 Å². The van der Waals surface area contributed by atoms with Crippen molar-refractivity contribution in [3.05, 3.63) is 65.7 Å². The fourth-order valence-corrected chi connectivity index (χ4v) is 3.74. The number of primary amides is 2. The molecular formula is C42H69N9O21. The lowest BCUT2D eigenvalue weighted by Gasteiger charge is -2.07. The fraction of sp³-hybridized carbons (Fsp3) is 0.452. The van der Waals surface area contributed by atoms with Crippen LogP contribution in [0.1, 0.15) is 69.9 Å². The highest BCUT2D eigenvalue weighted by Crippen LogP contribution is 2.11. The van der Waals surface area contributed by atoms with E-state index in [9.17, 15) is 52.7 Å². The highest BCUT2D eigenvalue weighted by Gasteiger charge is 2.16. The molecule has 0 aliphatic heterocycles. The Labute approximate surface area is 411 Å². The largest absolute Gasteiger partial charge is 0.508 e. The summed E-state index contributed by atoms with van der Waals surface area (Å²) in [7, 11) is 0. The number of phenols is 1. The lowest BCUT2D eigenvalue weighted by Crippen LogP contribution is -2.34. The van der Waals surface area contributed by atoms with Crippen LogP contribution in [-0.4, -0.2) is 159 Å². The number of hydrogen-bond donors (Lipinski definition) is 19. The van der Waals surface area contributed by atoms with E-state index in [1.54, 1.807) is 26.0 Å². The molecule has 2 aromatic rings. The van der Waals surface area contributed by atoms with E-state index in [1.807, 2.05) is 30.3 Å². The molecule has 0 aliphatic rings. The standard InChI is InChI=1S/C9H11NO3.C9H11NO2.C5H10N2O3.2C5H9NO4.C5H11NO2.C4H8N2O3/c10-8(9(12)13)5-6-1-3-7(11)4-2-6;10-8(9(11)12)6-7-4-2-1-3-5-7;3*6-3(5(9)10)1-2-4(7)8;1-3(2)4(6)5(7)8;5-2(4(8)9)1-3(6)7/h1-4,8,11H,5,10H2,(H,12,13);1-5,8H,6,10H2,(H,11,12);3H,1-2,6H2,(H2,7,8)(H,9,10);2*3H,1-2,6H2,(H,7,8)(H,9,10);3-4H,6H2,1-2H3,(H,7,8);2H,1,5H2,(H2,6,7)(H,8,9)/t2*8-;3*3-;4-;2-/m0000000/s1. The number of aliphatic carboxylic acids is 9. The first-order valence-electron chi connectivity index (χ1n) is 20.7. The molecule has 2 amide bonds. The summed E-state index contributed by atoms with van der Waals surface area (Å²) in [5, 5.41) is 83.1. The maximum atomic E-state index is 10.4. The summed E-state index contributed by atoms with van der Waals surface area (Å²) in [6, 6.07) is 8.99. The molecule has 0 saturated heterocycles. The molecule has 30 heteroatoms. The minimum absolute atomic E-state index is 0.0208. The van der Waals surface area contributed by atoms with Crippen molar-refractivity contribution in [1.29, 1.82) is 0 Å². The van der Waals surface area contributed by atoms with Crippen molar-refractivity contribution in [3.8, 4) is 5.75 Å². The summed E-state index contributed by atoms with van der Waals surface area (Å²) >= 11 is 0. The van der Waals surface area contributed by atoms with Crippen molar-refractivity contribution in [2.24, 2.45) is 57.5 Å². The van der Waals surface area contributed by atoms with E-state index in [0.717, 1.165) is 11.1 Å². The number of carboxylic acids is 9. The van der Waals surface area contributed by atoms with Crippen LogP contribution in [0.2, 0.25) is 0 Å². The average Bonchev–Trinajstić information content (AvgIpc) is 3.28. The second-order valence-electron chi connectivity index (χ2n) is 14.9. The first-order valence-corrected chi connectivity index (χ1v) is 20.7. The Morgan fingerprint density at radius 3 is 0.931 bits per heavy atom. The van der Waals surface area contributed by atoms with Crippen LogP contribution in [0, 0.1) is 5.92 Å². The summed E-state index contributed by atoms with van der Waals surface area (Å²) in [5.41, 5.74) is 47.0. The topological polar surface area (TPSA) is 624 Å². The minimum atomic E-state index is -1.21. The van der Waals surface area contributed by atoms with Crippen molar-refractivity contribution in [2.45, 2.75) is 114 Å². The molecule has 0 bridgehead atoms. The van der Waals surface area contributed by atoms with Gasteiger partial charge in [0.2, 0.25) is 11.8 Å². The zero-order chi connectivity index (χ0) is 57.4. The van der Waals surface area contributed by atoms with Crippen molar-refractivity contribution in [1.82, 2.24) is 0 Å². The average molecular weight is 1040 g/mol. The molecule has 0 fully saturated rings. The number of benzene rings is 2. The van der Waals surface area contributed by atoms with Crippen LogP contribution in [0.5, 0.6) is 5.75 Å². The predicted octanol–water partition coefficient (Wildman–Crippen LogP) is -3.49. The number of rotatable bonds is 23. The summed E-state index contributed by atoms with van der Waals surface area (Å²) in [4.78, 5) is 111. The molecule has 0 aliphatic carbocycles. The Kier molecular flexibility index (Phi) is 42.7. The van der Waals surface area contributed by atoms with E-state index in [4.69, 9.17) is 96.9 Å². The van der Waals surface area contributed by atoms with Gasteiger partial charge >= 0.3 is 53.7 Å². The van der Waals surface area contributed by atoms with Crippen LogP contribution in [0.25, 0.3) is 0 Å². The van der Waals surface area contributed by atoms with Gasteiger partial charge in [0.25, 0.3) is 0 Å². The molecule has 28 N–H and O–H groups in total. The van der Waals surface area contributed by atoms with Gasteiger partial charge in [-0.2, -0.15) is 0 Å². The van der Waals surface area contributed by atoms with E-state index in [-0.39, 0.29) is 63.0 Å². The first kappa shape index (κ1) is 73.1. The van der Waals surface area contributed by atoms with Gasteiger partial charge < -0.3 is 103 Å². The molecule has 0 radical (unpaired) electrons. The molecule has 72 heavy (non-hydrogen) atoms. The third-order valence-corrected chi connectivity index (χ3v) is 8.06. The number of phenolic OH excluding ortho intramolecular Hbond substituents is 1. The molecule has 0 saturated carbocycles. The second kappa shape index (κ2) is 42.0. The highest BCUT2D eigenvalue weighted by atomic mass is 16.4. The summed E-state index contributed by atoms with van der Waals surface area (Å²) in [6.07, 6.45) is 0.0233. The SMILES string of the molecule is CC(C)[C@H](N)C(=O)O.NC(=O)CC[C@H](N)C(=O)O.NC(=O)C[C@H](N)C(=O)O.N[C@@H](CCC(=O)O)C(=O)O.N[C@@H](CCC(=O)O)C(=O)O.N[C@@H](Cc1ccc(O)cc1)C(=O)O.N[C@@H](Cc1ccccc1)C(=O)O. The van der Waals surface area contributed by atoms with Crippen LogP contribution in [0.4, 0.5) is 0 Å². The second-order valence-corrected chi connectivity index (χ2v) is 14.9. The van der Waals surface area contributed by atoms with Gasteiger partial charge in [-0.1, -0.05) is 56.3 Å². The number of hydrogen-bond acceptors (Lipinski definition) is 19. The van der Waals surface area contributed by atoms with E-state index < -0.39 is 108 Å². The number of amides is 2. The van der Waals surface area contributed by atoms with Crippen LogP contribution in [0.3, 0.4) is 0 Å². The van der Waals surface area contributed by atoms with E-state index >= 15 is 0 Å². The van der Waals surface area contributed by atoms with Crippen molar-refractivity contribution in [2.75, 3.05) is 0 Å². The Hall–Kier alpha value is -7.87. The van der Waals surface area contributed by atoms with Gasteiger partial charge in [0.15, 0.2) is 0 Å². The molecule has 0 aromatic heterocycles. The maximum Gasteiger partial charge on any atom is 0.321 e. The van der Waals surface area contributed by atoms with Crippen molar-refractivity contribution >= 4 is 65.5 Å². The molecule has 0 spiro atoms. The number of aromatic hydroxyl groups is 1. The Morgan fingerprint density at radius 2 is 0.708 bits per heavy atom. The van der Waals surface area contributed by atoms with Crippen molar-refractivity contribution < 1.29 is 104 Å². The van der Waals surface area contributed by atoms with E-state index in [1.165, 1.54) is 12.1 Å². The van der Waals surface area contributed by atoms with Crippen LogP contribution < -0.4 is 51.6 Å². The molecular weight excluding hydrogens is 967 g/mol. The molecule has 30 nitrogen and oxygen atoms in total. The third kappa shape index (κ3) is 48.6. The Morgan fingerprint density at radius 1 is 0.403 bits per heavy atom. The number of carbonyl (C=O) groups is 11. The monoisotopic (exact) mass is 1040 g/mol. The molecule has 7 atom stereocenters. The first-order chi connectivity index (χ1) is 33.0. The lowest BCUT2D eigenvalue weighted by atomic mass is 10.1. The van der Waals surface area contributed by atoms with Crippen LogP contribution in [0.15, 0.2) is 54.6 Å². The zero-order valence-corrected chi connectivity index (χ0v) is 39.3.